The van der Waals surface area contributed by atoms with Crippen molar-refractivity contribution in [3.05, 3.63) is 46.1 Å². The number of hydrogen-bond donors (Lipinski definition) is 0. The summed E-state index contributed by atoms with van der Waals surface area (Å²) >= 11 is 12.1. The van der Waals surface area contributed by atoms with Crippen molar-refractivity contribution < 1.29 is 4.74 Å². The molecular weight excluding hydrogens is 385 g/mol. The first-order chi connectivity index (χ1) is 13.2. The summed E-state index contributed by atoms with van der Waals surface area (Å²) in [5.41, 5.74) is 1.18. The molecule has 2 saturated heterocycles. The molecular formula is C19H23Cl2N5O. The van der Waals surface area contributed by atoms with E-state index in [0.29, 0.717) is 10.0 Å². The average molecular weight is 408 g/mol. The van der Waals surface area contributed by atoms with Crippen LogP contribution < -0.4 is 9.80 Å². The molecule has 8 heteroatoms. The van der Waals surface area contributed by atoms with Gasteiger partial charge in [-0.25, -0.2) is 4.98 Å². The van der Waals surface area contributed by atoms with Crippen LogP contribution in [0.5, 0.6) is 0 Å². The second kappa shape index (κ2) is 8.61. The Kier molecular flexibility index (Phi) is 5.98. The van der Waals surface area contributed by atoms with Gasteiger partial charge < -0.3 is 14.5 Å². The minimum atomic E-state index is 0.600. The zero-order valence-corrected chi connectivity index (χ0v) is 16.7. The van der Waals surface area contributed by atoms with Gasteiger partial charge in [0.1, 0.15) is 5.82 Å². The molecule has 0 unspecified atom stereocenters. The van der Waals surface area contributed by atoms with E-state index < -0.39 is 0 Å². The average Bonchev–Trinajstić information content (AvgIpc) is 2.72. The number of nitrogens with zero attached hydrogens (tertiary/aromatic N) is 5. The maximum absolute atomic E-state index is 6.13. The molecule has 1 aromatic heterocycles. The van der Waals surface area contributed by atoms with E-state index in [1.165, 1.54) is 5.56 Å². The van der Waals surface area contributed by atoms with E-state index in [2.05, 4.69) is 19.7 Å². The minimum absolute atomic E-state index is 0.600. The summed E-state index contributed by atoms with van der Waals surface area (Å²) in [6.45, 7) is 7.90. The molecule has 0 saturated carbocycles. The molecule has 2 fully saturated rings. The molecule has 2 aliphatic rings. The summed E-state index contributed by atoms with van der Waals surface area (Å²) in [6.07, 6.45) is 1.86. The molecule has 0 bridgehead atoms. The molecule has 2 aliphatic heterocycles. The van der Waals surface area contributed by atoms with Gasteiger partial charge >= 0.3 is 0 Å². The molecule has 0 radical (unpaired) electrons. The first kappa shape index (κ1) is 18.7. The Balaban J connectivity index is 1.35. The number of aromatic nitrogens is 2. The van der Waals surface area contributed by atoms with Crippen LogP contribution in [-0.2, 0) is 11.3 Å². The second-order valence-corrected chi connectivity index (χ2v) is 7.64. The van der Waals surface area contributed by atoms with E-state index in [9.17, 15) is 0 Å². The fraction of sp³-hybridized carbons (Fsp3) is 0.474. The minimum Gasteiger partial charge on any atom is -0.378 e. The highest BCUT2D eigenvalue weighted by molar-refractivity contribution is 6.42. The summed E-state index contributed by atoms with van der Waals surface area (Å²) in [6, 6.07) is 7.83. The molecule has 1 aromatic carbocycles. The van der Waals surface area contributed by atoms with Gasteiger partial charge in [-0.15, -0.1) is 0 Å². The highest BCUT2D eigenvalue weighted by Crippen LogP contribution is 2.24. The third-order valence-corrected chi connectivity index (χ3v) is 5.75. The van der Waals surface area contributed by atoms with Crippen molar-refractivity contribution in [2.24, 2.45) is 0 Å². The smallest absolute Gasteiger partial charge is 0.227 e. The number of hydrogen-bond acceptors (Lipinski definition) is 6. The van der Waals surface area contributed by atoms with Gasteiger partial charge in [-0.2, -0.15) is 4.98 Å². The molecule has 0 aliphatic carbocycles. The third kappa shape index (κ3) is 4.63. The van der Waals surface area contributed by atoms with Gasteiger partial charge in [-0.3, -0.25) is 4.90 Å². The Bertz CT molecular complexity index is 776. The van der Waals surface area contributed by atoms with Crippen molar-refractivity contribution >= 4 is 35.0 Å². The van der Waals surface area contributed by atoms with Crippen molar-refractivity contribution in [3.8, 4) is 0 Å². The first-order valence-electron chi connectivity index (χ1n) is 9.26. The first-order valence-corrected chi connectivity index (χ1v) is 10.0. The lowest BCUT2D eigenvalue weighted by Crippen LogP contribution is -2.46. The van der Waals surface area contributed by atoms with Gasteiger partial charge in [0.2, 0.25) is 5.95 Å². The highest BCUT2D eigenvalue weighted by Gasteiger charge is 2.21. The van der Waals surface area contributed by atoms with E-state index in [1.54, 1.807) is 0 Å². The van der Waals surface area contributed by atoms with Gasteiger partial charge in [0.15, 0.2) is 0 Å². The number of anilines is 2. The molecule has 0 amide bonds. The standard InChI is InChI=1S/C19H23Cl2N5O/c20-16-2-1-15(13-17(16)21)14-24-5-7-26(8-6-24)19-22-4-3-18(23-19)25-9-11-27-12-10-25/h1-4,13H,5-12,14H2. The monoisotopic (exact) mass is 407 g/mol. The van der Waals surface area contributed by atoms with Crippen LogP contribution in [0, 0.1) is 0 Å². The number of morpholine rings is 1. The van der Waals surface area contributed by atoms with Gasteiger partial charge in [0.05, 0.1) is 23.3 Å². The molecule has 2 aromatic rings. The normalized spacial score (nSPS) is 18.7. The maximum Gasteiger partial charge on any atom is 0.227 e. The Morgan fingerprint density at radius 1 is 0.889 bits per heavy atom. The van der Waals surface area contributed by atoms with Gasteiger partial charge in [0, 0.05) is 52.0 Å². The van der Waals surface area contributed by atoms with Gasteiger partial charge in [-0.05, 0) is 23.8 Å². The lowest BCUT2D eigenvalue weighted by atomic mass is 10.2. The summed E-state index contributed by atoms with van der Waals surface area (Å²) in [4.78, 5) is 16.2. The van der Waals surface area contributed by atoms with Crippen LogP contribution in [0.4, 0.5) is 11.8 Å². The van der Waals surface area contributed by atoms with Crippen molar-refractivity contribution in [2.75, 3.05) is 62.3 Å². The number of ether oxygens (including phenoxy) is 1. The maximum atomic E-state index is 6.13. The van der Waals surface area contributed by atoms with E-state index in [0.717, 1.165) is 70.8 Å². The lowest BCUT2D eigenvalue weighted by molar-refractivity contribution is 0.122. The SMILES string of the molecule is Clc1ccc(CN2CCN(c3nccc(N4CCOCC4)n3)CC2)cc1Cl. The molecule has 4 rings (SSSR count). The van der Waals surface area contributed by atoms with Gasteiger partial charge in [0.25, 0.3) is 0 Å². The predicted molar refractivity (Wildman–Crippen MR) is 109 cm³/mol. The molecule has 3 heterocycles. The fourth-order valence-corrected chi connectivity index (χ4v) is 3.78. The third-order valence-electron chi connectivity index (χ3n) is 5.01. The topological polar surface area (TPSA) is 44.7 Å². The lowest BCUT2D eigenvalue weighted by Gasteiger charge is -2.35. The number of halogens is 2. The quantitative estimate of drug-likeness (QED) is 0.775. The van der Waals surface area contributed by atoms with Crippen LogP contribution in [0.15, 0.2) is 30.5 Å². The predicted octanol–water partition coefficient (Wildman–Crippen LogP) is 2.94. The number of benzene rings is 1. The van der Waals surface area contributed by atoms with E-state index in [1.807, 2.05) is 30.5 Å². The van der Waals surface area contributed by atoms with Crippen LogP contribution in [0.2, 0.25) is 10.0 Å². The van der Waals surface area contributed by atoms with Crippen molar-refractivity contribution in [3.63, 3.8) is 0 Å². The van der Waals surface area contributed by atoms with Crippen LogP contribution >= 0.6 is 23.2 Å². The summed E-state index contributed by atoms with van der Waals surface area (Å²) in [5, 5.41) is 1.21. The Hall–Kier alpha value is -1.60. The number of piperazine rings is 1. The fourth-order valence-electron chi connectivity index (χ4n) is 3.46. The van der Waals surface area contributed by atoms with Crippen molar-refractivity contribution in [1.82, 2.24) is 14.9 Å². The summed E-state index contributed by atoms with van der Waals surface area (Å²) in [7, 11) is 0. The zero-order chi connectivity index (χ0) is 18.6. The van der Waals surface area contributed by atoms with E-state index in [4.69, 9.17) is 32.9 Å². The van der Waals surface area contributed by atoms with Crippen LogP contribution in [-0.4, -0.2) is 67.4 Å². The van der Waals surface area contributed by atoms with Crippen LogP contribution in [0.1, 0.15) is 5.56 Å². The summed E-state index contributed by atoms with van der Waals surface area (Å²) in [5.74, 6) is 1.80. The van der Waals surface area contributed by atoms with E-state index in [-0.39, 0.29) is 0 Å². The summed E-state index contributed by atoms with van der Waals surface area (Å²) < 4.78 is 5.43. The largest absolute Gasteiger partial charge is 0.378 e. The van der Waals surface area contributed by atoms with Crippen molar-refractivity contribution in [1.29, 1.82) is 0 Å². The Morgan fingerprint density at radius 2 is 1.67 bits per heavy atom. The van der Waals surface area contributed by atoms with Gasteiger partial charge in [-0.1, -0.05) is 29.3 Å². The molecule has 0 atom stereocenters. The van der Waals surface area contributed by atoms with Crippen LogP contribution in [0.3, 0.4) is 0 Å². The van der Waals surface area contributed by atoms with Crippen molar-refractivity contribution in [2.45, 2.75) is 6.54 Å². The molecule has 27 heavy (non-hydrogen) atoms. The highest BCUT2D eigenvalue weighted by atomic mass is 35.5. The zero-order valence-electron chi connectivity index (χ0n) is 15.2. The molecule has 0 spiro atoms. The molecule has 6 nitrogen and oxygen atoms in total. The Labute approximate surface area is 169 Å². The van der Waals surface area contributed by atoms with Crippen LogP contribution in [0.25, 0.3) is 0 Å². The Morgan fingerprint density at radius 3 is 2.41 bits per heavy atom. The second-order valence-electron chi connectivity index (χ2n) is 6.83. The number of rotatable bonds is 4. The van der Waals surface area contributed by atoms with E-state index >= 15 is 0 Å². The molecule has 144 valence electrons. The molecule has 0 N–H and O–H groups in total.